The van der Waals surface area contributed by atoms with E-state index in [1.807, 2.05) is 13.8 Å². The number of pyridine rings is 1. The van der Waals surface area contributed by atoms with Crippen LogP contribution in [0.5, 0.6) is 0 Å². The molecular weight excluding hydrogens is 203 g/mol. The highest BCUT2D eigenvalue weighted by atomic mass is 19.1. The summed E-state index contributed by atoms with van der Waals surface area (Å²) in [6.07, 6.45) is 1.54. The number of fused-ring (bicyclic) bond motifs is 1. The first-order chi connectivity index (χ1) is 7.75. The summed E-state index contributed by atoms with van der Waals surface area (Å²) in [6.45, 7) is 8.41. The van der Waals surface area contributed by atoms with Gasteiger partial charge < -0.3 is 4.90 Å². The topological polar surface area (TPSA) is 16.1 Å². The molecule has 0 bridgehead atoms. The van der Waals surface area contributed by atoms with Gasteiger partial charge in [-0.1, -0.05) is 20.8 Å². The third-order valence-electron chi connectivity index (χ3n) is 3.65. The zero-order valence-corrected chi connectivity index (χ0v) is 10.2. The zero-order valence-electron chi connectivity index (χ0n) is 10.2. The summed E-state index contributed by atoms with van der Waals surface area (Å²) in [4.78, 5) is 6.38. The van der Waals surface area contributed by atoms with Gasteiger partial charge in [0, 0.05) is 25.4 Å². The van der Waals surface area contributed by atoms with Crippen LogP contribution in [0.15, 0.2) is 18.3 Å². The van der Waals surface area contributed by atoms with E-state index in [4.69, 9.17) is 0 Å². The summed E-state index contributed by atoms with van der Waals surface area (Å²) in [6, 6.07) is 2.92. The highest BCUT2D eigenvalue weighted by Gasteiger charge is 2.52. The van der Waals surface area contributed by atoms with E-state index in [0.29, 0.717) is 0 Å². The predicted molar refractivity (Wildman–Crippen MR) is 63.9 cm³/mol. The van der Waals surface area contributed by atoms with Crippen LogP contribution < -0.4 is 4.90 Å². The number of hydrogen-bond acceptors (Lipinski definition) is 2. The Balaban J connectivity index is 0.000000457. The van der Waals surface area contributed by atoms with Crippen LogP contribution in [0.3, 0.4) is 0 Å². The van der Waals surface area contributed by atoms with Gasteiger partial charge in [-0.15, -0.1) is 0 Å². The molecular formula is C13H19FN2. The van der Waals surface area contributed by atoms with Crippen molar-refractivity contribution in [2.24, 2.45) is 17.8 Å². The SMILES string of the molecule is CC.CC1C2CN(c3cc(F)ccn3)CC12. The minimum Gasteiger partial charge on any atom is -0.356 e. The molecule has 2 heterocycles. The second-order valence-electron chi connectivity index (χ2n) is 4.42. The largest absolute Gasteiger partial charge is 0.356 e. The van der Waals surface area contributed by atoms with Gasteiger partial charge in [0.2, 0.25) is 0 Å². The maximum absolute atomic E-state index is 12.9. The van der Waals surface area contributed by atoms with Gasteiger partial charge in [-0.05, 0) is 23.8 Å². The number of nitrogens with zero attached hydrogens (tertiary/aromatic N) is 2. The first-order valence-corrected chi connectivity index (χ1v) is 6.12. The van der Waals surface area contributed by atoms with Crippen LogP contribution in [0.4, 0.5) is 10.2 Å². The second-order valence-corrected chi connectivity index (χ2v) is 4.42. The van der Waals surface area contributed by atoms with Crippen molar-refractivity contribution in [2.75, 3.05) is 18.0 Å². The molecule has 2 atom stereocenters. The molecule has 88 valence electrons. The molecule has 2 aliphatic rings. The van der Waals surface area contributed by atoms with E-state index in [2.05, 4.69) is 16.8 Å². The average Bonchev–Trinajstić information content (AvgIpc) is 2.77. The van der Waals surface area contributed by atoms with E-state index in [1.165, 1.54) is 18.3 Å². The third kappa shape index (κ3) is 1.91. The predicted octanol–water partition coefficient (Wildman–Crippen LogP) is 2.95. The Kier molecular flexibility index (Phi) is 3.13. The summed E-state index contributed by atoms with van der Waals surface area (Å²) >= 11 is 0. The summed E-state index contributed by atoms with van der Waals surface area (Å²) in [5, 5.41) is 0. The van der Waals surface area contributed by atoms with Crippen molar-refractivity contribution in [3.05, 3.63) is 24.1 Å². The third-order valence-corrected chi connectivity index (χ3v) is 3.65. The van der Waals surface area contributed by atoms with Gasteiger partial charge in [-0.3, -0.25) is 0 Å². The van der Waals surface area contributed by atoms with Crippen LogP contribution in [-0.4, -0.2) is 18.1 Å². The number of anilines is 1. The van der Waals surface area contributed by atoms with Crippen LogP contribution in [-0.2, 0) is 0 Å². The Labute approximate surface area is 96.5 Å². The monoisotopic (exact) mass is 222 g/mol. The molecule has 3 heteroatoms. The van der Waals surface area contributed by atoms with Crippen molar-refractivity contribution >= 4 is 5.82 Å². The van der Waals surface area contributed by atoms with Crippen LogP contribution in [0.2, 0.25) is 0 Å². The van der Waals surface area contributed by atoms with Gasteiger partial charge in [0.15, 0.2) is 0 Å². The van der Waals surface area contributed by atoms with Gasteiger partial charge in [0.05, 0.1) is 0 Å². The summed E-state index contributed by atoms with van der Waals surface area (Å²) in [7, 11) is 0. The molecule has 0 radical (unpaired) electrons. The van der Waals surface area contributed by atoms with Crippen molar-refractivity contribution in [1.82, 2.24) is 4.98 Å². The minimum absolute atomic E-state index is 0.191. The molecule has 0 amide bonds. The highest BCUT2D eigenvalue weighted by molar-refractivity contribution is 5.41. The smallest absolute Gasteiger partial charge is 0.131 e. The van der Waals surface area contributed by atoms with Gasteiger partial charge in [-0.2, -0.15) is 0 Å². The number of aromatic nitrogens is 1. The van der Waals surface area contributed by atoms with E-state index in [-0.39, 0.29) is 5.82 Å². The maximum Gasteiger partial charge on any atom is 0.131 e. The molecule has 2 fully saturated rings. The molecule has 1 aromatic rings. The number of rotatable bonds is 1. The maximum atomic E-state index is 12.9. The molecule has 2 unspecified atom stereocenters. The van der Waals surface area contributed by atoms with Crippen LogP contribution in [0.25, 0.3) is 0 Å². The Morgan fingerprint density at radius 1 is 1.31 bits per heavy atom. The minimum atomic E-state index is -0.191. The second kappa shape index (κ2) is 4.40. The lowest BCUT2D eigenvalue weighted by molar-refractivity contribution is 0.621. The van der Waals surface area contributed by atoms with Crippen LogP contribution in [0.1, 0.15) is 20.8 Å². The summed E-state index contributed by atoms with van der Waals surface area (Å²) < 4.78 is 12.9. The van der Waals surface area contributed by atoms with E-state index in [1.54, 1.807) is 0 Å². The van der Waals surface area contributed by atoms with Crippen molar-refractivity contribution in [1.29, 1.82) is 0 Å². The lowest BCUT2D eigenvalue weighted by atomic mass is 10.3. The van der Waals surface area contributed by atoms with E-state index in [9.17, 15) is 4.39 Å². The molecule has 1 saturated heterocycles. The van der Waals surface area contributed by atoms with Gasteiger partial charge >= 0.3 is 0 Å². The molecule has 0 aromatic carbocycles. The molecule has 2 nitrogen and oxygen atoms in total. The average molecular weight is 222 g/mol. The van der Waals surface area contributed by atoms with E-state index in [0.717, 1.165) is 36.7 Å². The van der Waals surface area contributed by atoms with E-state index < -0.39 is 0 Å². The summed E-state index contributed by atoms with van der Waals surface area (Å²) in [5.74, 6) is 3.15. The van der Waals surface area contributed by atoms with Crippen molar-refractivity contribution in [3.63, 3.8) is 0 Å². The first-order valence-electron chi connectivity index (χ1n) is 6.12. The fraction of sp³-hybridized carbons (Fsp3) is 0.615. The van der Waals surface area contributed by atoms with Crippen LogP contribution >= 0.6 is 0 Å². The van der Waals surface area contributed by atoms with Gasteiger partial charge in [0.1, 0.15) is 11.6 Å². The zero-order chi connectivity index (χ0) is 11.7. The van der Waals surface area contributed by atoms with Gasteiger partial charge in [0.25, 0.3) is 0 Å². The van der Waals surface area contributed by atoms with Crippen molar-refractivity contribution < 1.29 is 4.39 Å². The Morgan fingerprint density at radius 3 is 2.50 bits per heavy atom. The molecule has 1 aliphatic carbocycles. The molecule has 0 spiro atoms. The lowest BCUT2D eigenvalue weighted by Crippen LogP contribution is -2.24. The van der Waals surface area contributed by atoms with Gasteiger partial charge in [-0.25, -0.2) is 9.37 Å². The number of hydrogen-bond donors (Lipinski definition) is 0. The fourth-order valence-electron chi connectivity index (χ4n) is 2.58. The number of halogens is 1. The fourth-order valence-corrected chi connectivity index (χ4v) is 2.58. The Hall–Kier alpha value is -1.12. The lowest BCUT2D eigenvalue weighted by Gasteiger charge is -2.19. The van der Waals surface area contributed by atoms with Crippen LogP contribution in [0, 0.1) is 23.6 Å². The summed E-state index contributed by atoms with van der Waals surface area (Å²) in [5.41, 5.74) is 0. The Morgan fingerprint density at radius 2 is 1.94 bits per heavy atom. The van der Waals surface area contributed by atoms with E-state index >= 15 is 0 Å². The quantitative estimate of drug-likeness (QED) is 0.726. The molecule has 16 heavy (non-hydrogen) atoms. The standard InChI is InChI=1S/C11H13FN2.C2H6/c1-7-9-5-14(6-10(7)9)11-4-8(12)2-3-13-11;1-2/h2-4,7,9-10H,5-6H2,1H3;1-2H3. The molecule has 0 N–H and O–H groups in total. The van der Waals surface area contributed by atoms with Crippen molar-refractivity contribution in [2.45, 2.75) is 20.8 Å². The molecule has 1 saturated carbocycles. The molecule has 1 aromatic heterocycles. The highest BCUT2D eigenvalue weighted by Crippen LogP contribution is 2.51. The van der Waals surface area contributed by atoms with Crippen molar-refractivity contribution in [3.8, 4) is 0 Å². The normalized spacial score (nSPS) is 30.5. The first kappa shape index (κ1) is 11.4. The molecule has 1 aliphatic heterocycles. The molecule has 3 rings (SSSR count). The number of piperidine rings is 1. The Bertz CT molecular complexity index is 355.